The SMILES string of the molecule is O=S(=O)(Nc1ccc(Oc2cc(F)cc(CO)c2)c(Br)c1)C(F)(F)F. The van der Waals surface area contributed by atoms with Crippen LogP contribution in [0.1, 0.15) is 5.56 Å². The molecule has 0 saturated heterocycles. The average Bonchev–Trinajstić information content (AvgIpc) is 2.48. The number of hydrogen-bond donors (Lipinski definition) is 2. The molecule has 5 nitrogen and oxygen atoms in total. The van der Waals surface area contributed by atoms with Gasteiger partial charge in [-0.2, -0.15) is 21.6 Å². The van der Waals surface area contributed by atoms with Gasteiger partial charge in [-0.1, -0.05) is 0 Å². The second kappa shape index (κ2) is 7.18. The summed E-state index contributed by atoms with van der Waals surface area (Å²) in [6.45, 7) is -0.409. The lowest BCUT2D eigenvalue weighted by atomic mass is 10.2. The molecule has 2 rings (SSSR count). The van der Waals surface area contributed by atoms with Crippen LogP contribution < -0.4 is 9.46 Å². The maximum absolute atomic E-state index is 13.4. The van der Waals surface area contributed by atoms with Gasteiger partial charge in [-0.3, -0.25) is 4.72 Å². The largest absolute Gasteiger partial charge is 0.516 e. The van der Waals surface area contributed by atoms with Gasteiger partial charge in [-0.15, -0.1) is 0 Å². The van der Waals surface area contributed by atoms with E-state index in [1.807, 2.05) is 0 Å². The van der Waals surface area contributed by atoms with Crippen LogP contribution in [0, 0.1) is 5.82 Å². The molecule has 0 unspecified atom stereocenters. The van der Waals surface area contributed by atoms with E-state index < -0.39 is 28.0 Å². The van der Waals surface area contributed by atoms with E-state index in [0.717, 1.165) is 24.3 Å². The summed E-state index contributed by atoms with van der Waals surface area (Å²) in [5, 5.41) is 9.03. The lowest BCUT2D eigenvalue weighted by Crippen LogP contribution is -2.29. The van der Waals surface area contributed by atoms with Crippen molar-refractivity contribution in [1.29, 1.82) is 0 Å². The molecular formula is C14H10BrF4NO4S. The van der Waals surface area contributed by atoms with Crippen molar-refractivity contribution in [1.82, 2.24) is 0 Å². The van der Waals surface area contributed by atoms with Gasteiger partial charge in [0.05, 0.1) is 16.8 Å². The zero-order valence-electron chi connectivity index (χ0n) is 12.1. The minimum Gasteiger partial charge on any atom is -0.456 e. The van der Waals surface area contributed by atoms with Gasteiger partial charge in [0.15, 0.2) is 0 Å². The summed E-state index contributed by atoms with van der Waals surface area (Å²) >= 11 is 3.03. The highest BCUT2D eigenvalue weighted by Crippen LogP contribution is 2.34. The Morgan fingerprint density at radius 3 is 2.40 bits per heavy atom. The maximum atomic E-state index is 13.4. The van der Waals surface area contributed by atoms with Crippen LogP contribution in [-0.4, -0.2) is 19.0 Å². The smallest absolute Gasteiger partial charge is 0.456 e. The maximum Gasteiger partial charge on any atom is 0.516 e. The number of hydrogen-bond acceptors (Lipinski definition) is 4. The second-order valence-corrected chi connectivity index (χ2v) is 7.28. The standard InChI is InChI=1S/C14H10BrF4NO4S/c15-12-6-10(20-25(22,23)14(17,18)19)1-2-13(12)24-11-4-8(7-21)3-9(16)5-11/h1-6,20-21H,7H2. The van der Waals surface area contributed by atoms with Crippen LogP contribution >= 0.6 is 15.9 Å². The van der Waals surface area contributed by atoms with E-state index in [2.05, 4.69) is 15.9 Å². The van der Waals surface area contributed by atoms with E-state index in [1.54, 1.807) is 0 Å². The van der Waals surface area contributed by atoms with E-state index in [9.17, 15) is 26.0 Å². The molecule has 0 amide bonds. The van der Waals surface area contributed by atoms with Crippen molar-refractivity contribution in [2.24, 2.45) is 0 Å². The molecule has 0 fully saturated rings. The summed E-state index contributed by atoms with van der Waals surface area (Å²) < 4.78 is 79.5. The predicted octanol–water partition coefficient (Wildman–Crippen LogP) is 4.13. The van der Waals surface area contributed by atoms with Crippen molar-refractivity contribution in [3.63, 3.8) is 0 Å². The number of nitrogens with one attached hydrogen (secondary N) is 1. The molecule has 0 aliphatic rings. The lowest BCUT2D eigenvalue weighted by Gasteiger charge is -2.13. The Balaban J connectivity index is 2.24. The normalized spacial score (nSPS) is 12.1. The number of aliphatic hydroxyl groups is 1. The van der Waals surface area contributed by atoms with E-state index in [4.69, 9.17) is 9.84 Å². The quantitative estimate of drug-likeness (QED) is 0.681. The highest BCUT2D eigenvalue weighted by atomic mass is 79.9. The summed E-state index contributed by atoms with van der Waals surface area (Å²) in [6.07, 6.45) is 0. The zero-order chi connectivity index (χ0) is 18.8. The number of aliphatic hydroxyl groups excluding tert-OH is 1. The summed E-state index contributed by atoms with van der Waals surface area (Å²) in [7, 11) is -5.54. The molecular weight excluding hydrogens is 434 g/mol. The molecule has 0 aliphatic carbocycles. The molecule has 2 N–H and O–H groups in total. The van der Waals surface area contributed by atoms with Crippen LogP contribution in [0.3, 0.4) is 0 Å². The fourth-order valence-electron chi connectivity index (χ4n) is 1.76. The van der Waals surface area contributed by atoms with Gasteiger partial charge in [-0.25, -0.2) is 4.39 Å². The Kier molecular flexibility index (Phi) is 5.59. The number of alkyl halides is 3. The van der Waals surface area contributed by atoms with Crippen molar-refractivity contribution in [3.05, 3.63) is 52.3 Å². The topological polar surface area (TPSA) is 75.6 Å². The highest BCUT2D eigenvalue weighted by Gasteiger charge is 2.46. The van der Waals surface area contributed by atoms with Crippen LogP contribution in [0.15, 0.2) is 40.9 Å². The van der Waals surface area contributed by atoms with Gasteiger partial charge in [0.25, 0.3) is 0 Å². The van der Waals surface area contributed by atoms with E-state index >= 15 is 0 Å². The third kappa shape index (κ3) is 4.83. The van der Waals surface area contributed by atoms with Crippen LogP contribution in [0.4, 0.5) is 23.2 Å². The summed E-state index contributed by atoms with van der Waals surface area (Å²) in [4.78, 5) is 0. The molecule has 25 heavy (non-hydrogen) atoms. The van der Waals surface area contributed by atoms with Crippen LogP contribution in [0.2, 0.25) is 0 Å². The van der Waals surface area contributed by atoms with Crippen molar-refractivity contribution >= 4 is 31.6 Å². The minimum atomic E-state index is -5.54. The van der Waals surface area contributed by atoms with E-state index in [0.29, 0.717) is 0 Å². The molecule has 136 valence electrons. The Morgan fingerprint density at radius 1 is 1.16 bits per heavy atom. The average molecular weight is 444 g/mol. The number of benzene rings is 2. The van der Waals surface area contributed by atoms with Crippen molar-refractivity contribution in [2.75, 3.05) is 4.72 Å². The summed E-state index contributed by atoms with van der Waals surface area (Å²) in [6, 6.07) is 6.83. The number of halogens is 5. The first kappa shape index (κ1) is 19.5. The minimum absolute atomic E-state index is 0.0494. The van der Waals surface area contributed by atoms with Crippen LogP contribution in [-0.2, 0) is 16.6 Å². The fraction of sp³-hybridized carbons (Fsp3) is 0.143. The molecule has 0 aromatic heterocycles. The monoisotopic (exact) mass is 443 g/mol. The van der Waals surface area contributed by atoms with Gasteiger partial charge in [0.1, 0.15) is 17.3 Å². The number of rotatable bonds is 5. The summed E-state index contributed by atoms with van der Waals surface area (Å²) in [5.74, 6) is -0.495. The molecule has 2 aromatic carbocycles. The molecule has 0 atom stereocenters. The highest BCUT2D eigenvalue weighted by molar-refractivity contribution is 9.10. The van der Waals surface area contributed by atoms with Crippen molar-refractivity contribution < 1.29 is 35.8 Å². The molecule has 11 heteroatoms. The first-order chi connectivity index (χ1) is 11.5. The third-order valence-electron chi connectivity index (χ3n) is 2.83. The molecule has 0 bridgehead atoms. The fourth-order valence-corrected chi connectivity index (χ4v) is 2.77. The van der Waals surface area contributed by atoms with Gasteiger partial charge >= 0.3 is 15.5 Å². The van der Waals surface area contributed by atoms with Crippen molar-refractivity contribution in [2.45, 2.75) is 12.1 Å². The molecule has 2 aromatic rings. The van der Waals surface area contributed by atoms with Gasteiger partial charge < -0.3 is 9.84 Å². The predicted molar refractivity (Wildman–Crippen MR) is 85.1 cm³/mol. The first-order valence-corrected chi connectivity index (χ1v) is 8.76. The lowest BCUT2D eigenvalue weighted by molar-refractivity contribution is -0.0429. The number of sulfonamides is 1. The third-order valence-corrected chi connectivity index (χ3v) is 4.56. The van der Waals surface area contributed by atoms with E-state index in [1.165, 1.54) is 16.9 Å². The number of ether oxygens (including phenoxy) is 1. The van der Waals surface area contributed by atoms with Crippen LogP contribution in [0.5, 0.6) is 11.5 Å². The summed E-state index contributed by atoms with van der Waals surface area (Å²) in [5.41, 5.74) is -5.52. The molecule has 0 radical (unpaired) electrons. The van der Waals surface area contributed by atoms with Gasteiger partial charge in [0, 0.05) is 6.07 Å². The van der Waals surface area contributed by atoms with E-state index in [-0.39, 0.29) is 27.2 Å². The van der Waals surface area contributed by atoms with Crippen LogP contribution in [0.25, 0.3) is 0 Å². The Bertz CT molecular complexity index is 887. The zero-order valence-corrected chi connectivity index (χ0v) is 14.5. The molecule has 0 spiro atoms. The Morgan fingerprint density at radius 2 is 1.84 bits per heavy atom. The first-order valence-electron chi connectivity index (χ1n) is 6.48. The second-order valence-electron chi connectivity index (χ2n) is 4.75. The van der Waals surface area contributed by atoms with Gasteiger partial charge in [-0.05, 0) is 51.8 Å². The Hall–Kier alpha value is -1.85. The molecule has 0 saturated carbocycles. The molecule has 0 heterocycles. The Labute approximate surface area is 148 Å². The number of anilines is 1. The van der Waals surface area contributed by atoms with Crippen molar-refractivity contribution in [3.8, 4) is 11.5 Å². The molecule has 0 aliphatic heterocycles. The van der Waals surface area contributed by atoms with Gasteiger partial charge in [0.2, 0.25) is 0 Å².